The first-order valence-corrected chi connectivity index (χ1v) is 7.68. The van der Waals surface area contributed by atoms with Crippen molar-refractivity contribution < 1.29 is 17.9 Å². The summed E-state index contributed by atoms with van der Waals surface area (Å²) in [5, 5.41) is 0. The molecule has 0 radical (unpaired) electrons. The molecule has 0 aromatic heterocycles. The van der Waals surface area contributed by atoms with Gasteiger partial charge in [-0.25, -0.2) is 8.42 Å². The molecule has 21 heavy (non-hydrogen) atoms. The van der Waals surface area contributed by atoms with E-state index in [0.717, 1.165) is 0 Å². The van der Waals surface area contributed by atoms with E-state index in [0.29, 0.717) is 17.0 Å². The van der Waals surface area contributed by atoms with Crippen LogP contribution in [0, 0.1) is 0 Å². The molecule has 0 bridgehead atoms. The molecule has 0 aliphatic rings. The average molecular weight is 305 g/mol. The summed E-state index contributed by atoms with van der Waals surface area (Å²) in [6, 6.07) is 12.4. The third kappa shape index (κ3) is 3.61. The number of rotatable bonds is 5. The number of methoxy groups -OCH3 is 1. The molecule has 0 heterocycles. The predicted octanol–water partition coefficient (Wildman–Crippen LogP) is 2.70. The highest BCUT2D eigenvalue weighted by molar-refractivity contribution is 7.92. The number of hydrogen-bond donors (Lipinski definition) is 1. The second-order valence-electron chi connectivity index (χ2n) is 4.42. The van der Waals surface area contributed by atoms with E-state index in [4.69, 9.17) is 4.74 Å². The highest BCUT2D eigenvalue weighted by Gasteiger charge is 2.15. The summed E-state index contributed by atoms with van der Waals surface area (Å²) in [6.07, 6.45) is 0. The van der Waals surface area contributed by atoms with E-state index >= 15 is 0 Å². The summed E-state index contributed by atoms with van der Waals surface area (Å²) in [7, 11) is -2.22. The van der Waals surface area contributed by atoms with Crippen LogP contribution in [0.3, 0.4) is 0 Å². The number of carbonyl (C=O) groups is 1. The molecule has 110 valence electrons. The fourth-order valence-corrected chi connectivity index (χ4v) is 2.85. The van der Waals surface area contributed by atoms with E-state index in [1.165, 1.54) is 26.2 Å². The third-order valence-corrected chi connectivity index (χ3v) is 4.27. The van der Waals surface area contributed by atoms with E-state index in [9.17, 15) is 13.2 Å². The average Bonchev–Trinajstić information content (AvgIpc) is 2.47. The van der Waals surface area contributed by atoms with Crippen LogP contribution < -0.4 is 9.46 Å². The Balaban J connectivity index is 2.26. The molecule has 2 aromatic carbocycles. The molecule has 0 aliphatic heterocycles. The lowest BCUT2D eigenvalue weighted by Crippen LogP contribution is -2.13. The molecule has 2 aromatic rings. The van der Waals surface area contributed by atoms with Gasteiger partial charge in [0.25, 0.3) is 10.0 Å². The maximum atomic E-state index is 12.3. The maximum Gasteiger partial charge on any atom is 0.262 e. The summed E-state index contributed by atoms with van der Waals surface area (Å²) >= 11 is 0. The molecular weight excluding hydrogens is 290 g/mol. The van der Waals surface area contributed by atoms with Gasteiger partial charge in [-0.2, -0.15) is 0 Å². The molecule has 1 N–H and O–H groups in total. The lowest BCUT2D eigenvalue weighted by molar-refractivity contribution is 0.101. The topological polar surface area (TPSA) is 72.5 Å². The van der Waals surface area contributed by atoms with Crippen molar-refractivity contribution in [1.82, 2.24) is 0 Å². The lowest BCUT2D eigenvalue weighted by Gasteiger charge is -2.09. The first-order valence-electron chi connectivity index (χ1n) is 6.20. The van der Waals surface area contributed by atoms with Crippen LogP contribution in [0.2, 0.25) is 0 Å². The Kier molecular flexibility index (Phi) is 4.28. The van der Waals surface area contributed by atoms with E-state index in [1.807, 2.05) is 0 Å². The summed E-state index contributed by atoms with van der Waals surface area (Å²) in [5.74, 6) is 0.391. The van der Waals surface area contributed by atoms with E-state index in [1.54, 1.807) is 36.4 Å². The molecule has 0 saturated heterocycles. The fraction of sp³-hybridized carbons (Fsp3) is 0.133. The number of hydrogen-bond acceptors (Lipinski definition) is 4. The van der Waals surface area contributed by atoms with E-state index < -0.39 is 10.0 Å². The highest BCUT2D eigenvalue weighted by atomic mass is 32.2. The van der Waals surface area contributed by atoms with Crippen LogP contribution in [0.25, 0.3) is 0 Å². The summed E-state index contributed by atoms with van der Waals surface area (Å²) < 4.78 is 32.0. The van der Waals surface area contributed by atoms with Crippen LogP contribution in [0.5, 0.6) is 5.75 Å². The highest BCUT2D eigenvalue weighted by Crippen LogP contribution is 2.20. The fourth-order valence-electron chi connectivity index (χ4n) is 1.76. The van der Waals surface area contributed by atoms with Crippen molar-refractivity contribution in [2.75, 3.05) is 11.8 Å². The van der Waals surface area contributed by atoms with Gasteiger partial charge in [-0.1, -0.05) is 6.07 Å². The number of ketones is 1. The van der Waals surface area contributed by atoms with Gasteiger partial charge in [0.05, 0.1) is 12.0 Å². The zero-order valence-corrected chi connectivity index (χ0v) is 12.5. The summed E-state index contributed by atoms with van der Waals surface area (Å²) in [5.41, 5.74) is 0.919. The zero-order valence-electron chi connectivity index (χ0n) is 11.7. The molecule has 0 spiro atoms. The number of nitrogens with one attached hydrogen (secondary N) is 1. The Labute approximate surface area is 123 Å². The number of ether oxygens (including phenoxy) is 1. The summed E-state index contributed by atoms with van der Waals surface area (Å²) in [6.45, 7) is 1.45. The standard InChI is InChI=1S/C15H15NO4S/c1-11(17)12-6-8-13(9-7-12)16-21(18,19)15-5-3-4-14(10-15)20-2/h3-10,16H,1-2H3. The molecule has 5 nitrogen and oxygen atoms in total. The monoisotopic (exact) mass is 305 g/mol. The van der Waals surface area contributed by atoms with Crippen LogP contribution in [0.4, 0.5) is 5.69 Å². The van der Waals surface area contributed by atoms with Crippen LogP contribution in [0.15, 0.2) is 53.4 Å². The van der Waals surface area contributed by atoms with Crippen molar-refractivity contribution in [2.24, 2.45) is 0 Å². The van der Waals surface area contributed by atoms with E-state index in [2.05, 4.69) is 4.72 Å². The van der Waals surface area contributed by atoms with Crippen molar-refractivity contribution in [1.29, 1.82) is 0 Å². The minimum atomic E-state index is -3.69. The first kappa shape index (κ1) is 15.1. The molecule has 6 heteroatoms. The molecule has 0 fully saturated rings. The van der Waals surface area contributed by atoms with Gasteiger partial charge in [-0.3, -0.25) is 9.52 Å². The van der Waals surface area contributed by atoms with E-state index in [-0.39, 0.29) is 10.7 Å². The third-order valence-electron chi connectivity index (χ3n) is 2.90. The van der Waals surface area contributed by atoms with Crippen LogP contribution in [-0.4, -0.2) is 21.3 Å². The number of anilines is 1. The molecule has 0 unspecified atom stereocenters. The number of sulfonamides is 1. The van der Waals surface area contributed by atoms with Crippen molar-refractivity contribution in [3.05, 3.63) is 54.1 Å². The zero-order chi connectivity index (χ0) is 15.5. The van der Waals surface area contributed by atoms with Crippen molar-refractivity contribution in [3.8, 4) is 5.75 Å². The maximum absolute atomic E-state index is 12.3. The quantitative estimate of drug-likeness (QED) is 0.862. The van der Waals surface area contributed by atoms with Gasteiger partial charge in [0.15, 0.2) is 5.78 Å². The second kappa shape index (κ2) is 5.97. The Bertz CT molecular complexity index is 751. The Hall–Kier alpha value is -2.34. The molecule has 2 rings (SSSR count). The normalized spacial score (nSPS) is 11.0. The molecule has 0 amide bonds. The van der Waals surface area contributed by atoms with Crippen molar-refractivity contribution >= 4 is 21.5 Å². The molecule has 0 aliphatic carbocycles. The minimum absolute atomic E-state index is 0.0720. The number of carbonyl (C=O) groups excluding carboxylic acids is 1. The van der Waals surface area contributed by atoms with Gasteiger partial charge in [-0.15, -0.1) is 0 Å². The summed E-state index contributed by atoms with van der Waals surface area (Å²) in [4.78, 5) is 11.3. The van der Waals surface area contributed by atoms with Gasteiger partial charge >= 0.3 is 0 Å². The lowest BCUT2D eigenvalue weighted by atomic mass is 10.1. The Morgan fingerprint density at radius 3 is 2.33 bits per heavy atom. The number of Topliss-reactive ketones (excluding diaryl/α,β-unsaturated/α-hetero) is 1. The minimum Gasteiger partial charge on any atom is -0.497 e. The SMILES string of the molecule is COc1cccc(S(=O)(=O)Nc2ccc(C(C)=O)cc2)c1. The van der Waals surface area contributed by atoms with Crippen LogP contribution in [-0.2, 0) is 10.0 Å². The Morgan fingerprint density at radius 1 is 1.10 bits per heavy atom. The van der Waals surface area contributed by atoms with Crippen LogP contribution in [0.1, 0.15) is 17.3 Å². The molecule has 0 atom stereocenters. The molecule has 0 saturated carbocycles. The van der Waals surface area contributed by atoms with Crippen molar-refractivity contribution in [2.45, 2.75) is 11.8 Å². The van der Waals surface area contributed by atoms with Crippen LogP contribution >= 0.6 is 0 Å². The Morgan fingerprint density at radius 2 is 1.76 bits per heavy atom. The van der Waals surface area contributed by atoms with Gasteiger partial charge in [0.1, 0.15) is 5.75 Å². The van der Waals surface area contributed by atoms with Crippen molar-refractivity contribution in [3.63, 3.8) is 0 Å². The predicted molar refractivity (Wildman–Crippen MR) is 80.2 cm³/mol. The van der Waals surface area contributed by atoms with Gasteiger partial charge < -0.3 is 4.74 Å². The van der Waals surface area contributed by atoms with Gasteiger partial charge in [0, 0.05) is 17.3 Å². The smallest absolute Gasteiger partial charge is 0.262 e. The second-order valence-corrected chi connectivity index (χ2v) is 6.10. The molecular formula is C15H15NO4S. The first-order chi connectivity index (χ1) is 9.92. The van der Waals surface area contributed by atoms with Gasteiger partial charge in [-0.05, 0) is 43.3 Å². The number of benzene rings is 2. The largest absolute Gasteiger partial charge is 0.497 e. The van der Waals surface area contributed by atoms with Gasteiger partial charge in [0.2, 0.25) is 0 Å².